The minimum absolute atomic E-state index is 0.275. The SMILES string of the molecule is C=C(/N=C\c1[nH]c(=O)n(CCc2cccc(Cl)c2)c1N)NCCCN. The lowest BCUT2D eigenvalue weighted by atomic mass is 10.1. The Morgan fingerprint density at radius 3 is 3.00 bits per heavy atom. The van der Waals surface area contributed by atoms with Crippen molar-refractivity contribution < 1.29 is 0 Å². The van der Waals surface area contributed by atoms with Crippen molar-refractivity contribution in [2.24, 2.45) is 10.7 Å². The van der Waals surface area contributed by atoms with Gasteiger partial charge in [-0.1, -0.05) is 30.3 Å². The molecule has 1 aromatic carbocycles. The van der Waals surface area contributed by atoms with E-state index in [2.05, 4.69) is 21.9 Å². The first-order valence-electron chi connectivity index (χ1n) is 8.01. The molecule has 1 heterocycles. The molecule has 0 unspecified atom stereocenters. The van der Waals surface area contributed by atoms with Crippen molar-refractivity contribution in [3.63, 3.8) is 0 Å². The minimum atomic E-state index is -0.275. The first-order chi connectivity index (χ1) is 12.0. The second kappa shape index (κ2) is 9.10. The first kappa shape index (κ1) is 18.8. The molecule has 0 aliphatic carbocycles. The summed E-state index contributed by atoms with van der Waals surface area (Å²) in [6.45, 7) is 5.52. The van der Waals surface area contributed by atoms with Gasteiger partial charge in [0.2, 0.25) is 0 Å². The largest absolute Gasteiger partial charge is 0.383 e. The highest BCUT2D eigenvalue weighted by molar-refractivity contribution is 6.30. The molecule has 134 valence electrons. The summed E-state index contributed by atoms with van der Waals surface area (Å²) in [6, 6.07) is 7.51. The Labute approximate surface area is 151 Å². The van der Waals surface area contributed by atoms with Crippen LogP contribution in [0.25, 0.3) is 0 Å². The molecule has 25 heavy (non-hydrogen) atoms. The number of benzene rings is 1. The number of aromatic amines is 1. The van der Waals surface area contributed by atoms with E-state index in [0.717, 1.165) is 12.0 Å². The van der Waals surface area contributed by atoms with Crippen LogP contribution in [0.15, 0.2) is 46.5 Å². The van der Waals surface area contributed by atoms with Crippen molar-refractivity contribution in [2.45, 2.75) is 19.4 Å². The van der Waals surface area contributed by atoms with E-state index in [1.165, 1.54) is 10.8 Å². The summed E-state index contributed by atoms with van der Waals surface area (Å²) in [5.41, 5.74) is 12.7. The predicted molar refractivity (Wildman–Crippen MR) is 103 cm³/mol. The van der Waals surface area contributed by atoms with Crippen molar-refractivity contribution in [2.75, 3.05) is 18.8 Å². The minimum Gasteiger partial charge on any atom is -0.383 e. The molecule has 0 atom stereocenters. The number of H-pyrrole nitrogens is 1. The van der Waals surface area contributed by atoms with Crippen molar-refractivity contribution in [1.29, 1.82) is 0 Å². The van der Waals surface area contributed by atoms with Gasteiger partial charge in [-0.25, -0.2) is 9.79 Å². The molecule has 0 saturated heterocycles. The van der Waals surface area contributed by atoms with Crippen LogP contribution in [0.5, 0.6) is 0 Å². The van der Waals surface area contributed by atoms with Gasteiger partial charge in [0.1, 0.15) is 17.3 Å². The van der Waals surface area contributed by atoms with Crippen LogP contribution < -0.4 is 22.5 Å². The highest BCUT2D eigenvalue weighted by Crippen LogP contribution is 2.12. The van der Waals surface area contributed by atoms with Gasteiger partial charge in [-0.3, -0.25) is 4.57 Å². The van der Waals surface area contributed by atoms with Crippen LogP contribution in [-0.2, 0) is 13.0 Å². The number of aryl methyl sites for hydroxylation is 1. The lowest BCUT2D eigenvalue weighted by Gasteiger charge is -2.05. The second-order valence-electron chi connectivity index (χ2n) is 5.53. The first-order valence-corrected chi connectivity index (χ1v) is 8.38. The van der Waals surface area contributed by atoms with Crippen LogP contribution in [-0.4, -0.2) is 28.9 Å². The van der Waals surface area contributed by atoms with Gasteiger partial charge in [0.05, 0.1) is 6.21 Å². The number of aliphatic imine (C=N–C) groups is 1. The molecule has 6 N–H and O–H groups in total. The standard InChI is InChI=1S/C17H23ClN6O/c1-12(21-8-3-7-19)22-11-15-16(20)24(17(25)23-15)9-6-13-4-2-5-14(18)10-13/h2,4-5,10-11,21H,1,3,6-9,19-20H2,(H,23,25)/b22-11-. The topological polar surface area (TPSA) is 114 Å². The van der Waals surface area contributed by atoms with E-state index in [9.17, 15) is 4.79 Å². The molecule has 2 rings (SSSR count). The van der Waals surface area contributed by atoms with Gasteiger partial charge in [0.25, 0.3) is 0 Å². The monoisotopic (exact) mass is 362 g/mol. The van der Waals surface area contributed by atoms with Crippen molar-refractivity contribution in [3.05, 3.63) is 63.4 Å². The molecule has 0 amide bonds. The Hall–Kier alpha value is -2.51. The fourth-order valence-corrected chi connectivity index (χ4v) is 2.49. The molecule has 0 spiro atoms. The Bertz CT molecular complexity index is 808. The van der Waals surface area contributed by atoms with Gasteiger partial charge in [0, 0.05) is 18.1 Å². The van der Waals surface area contributed by atoms with E-state index in [-0.39, 0.29) is 5.69 Å². The molecule has 0 aliphatic heterocycles. The summed E-state index contributed by atoms with van der Waals surface area (Å²) < 4.78 is 1.48. The third-order valence-electron chi connectivity index (χ3n) is 3.63. The number of halogens is 1. The zero-order valence-corrected chi connectivity index (χ0v) is 14.7. The third kappa shape index (κ3) is 5.51. The summed E-state index contributed by atoms with van der Waals surface area (Å²) >= 11 is 5.97. The van der Waals surface area contributed by atoms with E-state index in [0.29, 0.717) is 48.4 Å². The lowest BCUT2D eigenvalue weighted by molar-refractivity contribution is 0.680. The zero-order chi connectivity index (χ0) is 18.2. The summed E-state index contributed by atoms with van der Waals surface area (Å²) in [5.74, 6) is 0.825. The van der Waals surface area contributed by atoms with E-state index in [4.69, 9.17) is 23.1 Å². The number of nitrogen functional groups attached to an aromatic ring is 1. The molecule has 8 heteroatoms. The molecular weight excluding hydrogens is 340 g/mol. The van der Waals surface area contributed by atoms with Crippen LogP contribution in [0, 0.1) is 0 Å². The molecule has 0 radical (unpaired) electrons. The second-order valence-corrected chi connectivity index (χ2v) is 5.97. The maximum Gasteiger partial charge on any atom is 0.327 e. The zero-order valence-electron chi connectivity index (χ0n) is 14.0. The molecular formula is C17H23ClN6O. The Morgan fingerprint density at radius 1 is 1.48 bits per heavy atom. The highest BCUT2D eigenvalue weighted by atomic mass is 35.5. The highest BCUT2D eigenvalue weighted by Gasteiger charge is 2.09. The third-order valence-corrected chi connectivity index (χ3v) is 3.86. The van der Waals surface area contributed by atoms with Gasteiger partial charge >= 0.3 is 5.69 Å². The van der Waals surface area contributed by atoms with Gasteiger partial charge in [0.15, 0.2) is 0 Å². The summed E-state index contributed by atoms with van der Waals surface area (Å²) in [5, 5.41) is 3.69. The lowest BCUT2D eigenvalue weighted by Crippen LogP contribution is -2.19. The molecule has 0 aliphatic rings. The maximum atomic E-state index is 12.1. The molecule has 7 nitrogen and oxygen atoms in total. The van der Waals surface area contributed by atoms with Crippen LogP contribution in [0.2, 0.25) is 5.02 Å². The maximum absolute atomic E-state index is 12.1. The molecule has 0 fully saturated rings. The number of nitrogens with one attached hydrogen (secondary N) is 2. The summed E-state index contributed by atoms with van der Waals surface area (Å²) in [7, 11) is 0. The van der Waals surface area contributed by atoms with Crippen molar-refractivity contribution >= 4 is 23.6 Å². The number of aromatic nitrogens is 2. The van der Waals surface area contributed by atoms with Crippen LogP contribution in [0.3, 0.4) is 0 Å². The molecule has 0 bridgehead atoms. The number of rotatable bonds is 9. The Kier molecular flexibility index (Phi) is 6.85. The molecule has 1 aromatic heterocycles. The van der Waals surface area contributed by atoms with E-state index >= 15 is 0 Å². The average molecular weight is 363 g/mol. The average Bonchev–Trinajstić information content (AvgIpc) is 2.85. The number of imidazole rings is 1. The van der Waals surface area contributed by atoms with Gasteiger partial charge < -0.3 is 21.8 Å². The smallest absolute Gasteiger partial charge is 0.327 e. The van der Waals surface area contributed by atoms with Crippen molar-refractivity contribution in [3.8, 4) is 0 Å². The number of nitrogens with zero attached hydrogens (tertiary/aromatic N) is 2. The normalized spacial score (nSPS) is 11.1. The number of hydrogen-bond acceptors (Lipinski definition) is 5. The van der Waals surface area contributed by atoms with Gasteiger partial charge in [-0.2, -0.15) is 0 Å². The van der Waals surface area contributed by atoms with Crippen LogP contribution >= 0.6 is 11.6 Å². The number of nitrogens with two attached hydrogens (primary N) is 2. The summed E-state index contributed by atoms with van der Waals surface area (Å²) in [6.07, 6.45) is 2.96. The molecule has 0 saturated carbocycles. The predicted octanol–water partition coefficient (Wildman–Crippen LogP) is 1.48. The fourth-order valence-electron chi connectivity index (χ4n) is 2.28. The number of anilines is 1. The molecule has 2 aromatic rings. The van der Waals surface area contributed by atoms with E-state index in [1.807, 2.05) is 24.3 Å². The number of hydrogen-bond donors (Lipinski definition) is 4. The van der Waals surface area contributed by atoms with Gasteiger partial charge in [-0.05, 0) is 37.1 Å². The van der Waals surface area contributed by atoms with E-state index in [1.54, 1.807) is 0 Å². The fraction of sp³-hybridized carbons (Fsp3) is 0.294. The quantitative estimate of drug-likeness (QED) is 0.399. The van der Waals surface area contributed by atoms with E-state index < -0.39 is 0 Å². The van der Waals surface area contributed by atoms with Crippen molar-refractivity contribution in [1.82, 2.24) is 14.9 Å². The Balaban J connectivity index is 2.02. The van der Waals surface area contributed by atoms with Crippen LogP contribution in [0.1, 0.15) is 17.7 Å². The van der Waals surface area contributed by atoms with Gasteiger partial charge in [-0.15, -0.1) is 0 Å². The Morgan fingerprint density at radius 2 is 2.28 bits per heavy atom. The van der Waals surface area contributed by atoms with Crippen LogP contribution in [0.4, 0.5) is 5.82 Å². The summed E-state index contributed by atoms with van der Waals surface area (Å²) in [4.78, 5) is 19.0.